The molecule has 4 bridgehead atoms. The zero-order chi connectivity index (χ0) is 21.7. The van der Waals surface area contributed by atoms with E-state index >= 15 is 0 Å². The lowest BCUT2D eigenvalue weighted by atomic mass is 9.48. The second-order valence-electron chi connectivity index (χ2n) is 10.5. The molecule has 5 heteroatoms. The molecular formula is C27H31N3O2. The van der Waals surface area contributed by atoms with Gasteiger partial charge in [0.05, 0.1) is 11.3 Å². The third-order valence-electron chi connectivity index (χ3n) is 8.27. The molecule has 5 nitrogen and oxygen atoms in total. The molecule has 1 N–H and O–H groups in total. The number of imidazole rings is 1. The van der Waals surface area contributed by atoms with Gasteiger partial charge < -0.3 is 14.5 Å². The molecule has 4 fully saturated rings. The number of hydrogen-bond acceptors (Lipinski definition) is 3. The van der Waals surface area contributed by atoms with Crippen molar-refractivity contribution in [2.75, 3.05) is 0 Å². The summed E-state index contributed by atoms with van der Waals surface area (Å²) in [5.74, 6) is 3.21. The maximum absolute atomic E-state index is 13.3. The van der Waals surface area contributed by atoms with E-state index in [2.05, 4.69) is 17.2 Å². The highest BCUT2D eigenvalue weighted by atomic mass is 16.5. The largest absolute Gasteiger partial charge is 0.486 e. The molecule has 1 aromatic carbocycles. The number of aromatic nitrogens is 2. The number of carbonyl (C=O) groups excluding carboxylic acids is 1. The minimum atomic E-state index is -0.0288. The molecular weight excluding hydrogens is 398 g/mol. The second kappa shape index (κ2) is 7.65. The Morgan fingerprint density at radius 2 is 1.78 bits per heavy atom. The third kappa shape index (κ3) is 3.48. The van der Waals surface area contributed by atoms with Crippen molar-refractivity contribution >= 4 is 11.6 Å². The van der Waals surface area contributed by atoms with Gasteiger partial charge in [-0.15, -0.1) is 0 Å². The molecule has 0 radical (unpaired) electrons. The summed E-state index contributed by atoms with van der Waals surface area (Å²) in [4.78, 5) is 17.9. The Morgan fingerprint density at radius 1 is 1.09 bits per heavy atom. The van der Waals surface area contributed by atoms with Crippen molar-refractivity contribution in [3.05, 3.63) is 66.1 Å². The van der Waals surface area contributed by atoms with Crippen LogP contribution < -0.4 is 10.1 Å². The molecule has 166 valence electrons. The zero-order valence-corrected chi connectivity index (χ0v) is 18.7. The fourth-order valence-electron chi connectivity index (χ4n) is 7.12. The quantitative estimate of drug-likeness (QED) is 0.582. The summed E-state index contributed by atoms with van der Waals surface area (Å²) in [6, 6.07) is 13.7. The van der Waals surface area contributed by atoms with Gasteiger partial charge in [-0.3, -0.25) is 4.79 Å². The molecule has 1 atom stereocenters. The van der Waals surface area contributed by atoms with Gasteiger partial charge in [0.1, 0.15) is 18.0 Å². The van der Waals surface area contributed by atoms with Crippen LogP contribution in [-0.4, -0.2) is 21.3 Å². The molecule has 1 amide bonds. The Balaban J connectivity index is 1.16. The molecule has 0 spiro atoms. The minimum absolute atomic E-state index is 0.0288. The number of ether oxygens (including phenoxy) is 1. The fraction of sp³-hybridized carbons (Fsp3) is 0.481. The van der Waals surface area contributed by atoms with Gasteiger partial charge in [0, 0.05) is 18.4 Å². The van der Waals surface area contributed by atoms with E-state index in [9.17, 15) is 4.79 Å². The van der Waals surface area contributed by atoms with Crippen LogP contribution in [0.5, 0.6) is 5.75 Å². The maximum atomic E-state index is 13.3. The van der Waals surface area contributed by atoms with Gasteiger partial charge in [-0.1, -0.05) is 18.2 Å². The van der Waals surface area contributed by atoms with E-state index in [0.29, 0.717) is 17.9 Å². The van der Waals surface area contributed by atoms with Crippen LogP contribution in [0.15, 0.2) is 54.9 Å². The van der Waals surface area contributed by atoms with E-state index in [4.69, 9.17) is 4.74 Å². The summed E-state index contributed by atoms with van der Waals surface area (Å²) in [7, 11) is 0. The van der Waals surface area contributed by atoms with Crippen LogP contribution in [0, 0.1) is 23.2 Å². The Hall–Kier alpha value is -2.82. The molecule has 4 saturated carbocycles. The molecule has 2 heterocycles. The number of hydrogen-bond donors (Lipinski definition) is 1. The van der Waals surface area contributed by atoms with Crippen molar-refractivity contribution in [2.24, 2.45) is 23.2 Å². The summed E-state index contributed by atoms with van der Waals surface area (Å²) in [6.45, 7) is 2.56. The van der Waals surface area contributed by atoms with Crippen molar-refractivity contribution in [1.82, 2.24) is 14.7 Å². The maximum Gasteiger partial charge on any atom is 0.255 e. The number of nitrogens with zero attached hydrogens (tertiary/aromatic N) is 2. The Bertz CT molecular complexity index is 1080. The summed E-state index contributed by atoms with van der Waals surface area (Å²) in [5, 5.41) is 3.37. The van der Waals surface area contributed by atoms with Gasteiger partial charge in [-0.25, -0.2) is 4.98 Å². The number of amides is 1. The second-order valence-corrected chi connectivity index (χ2v) is 10.5. The van der Waals surface area contributed by atoms with Crippen LogP contribution in [0.4, 0.5) is 0 Å². The van der Waals surface area contributed by atoms with Gasteiger partial charge in [0.15, 0.2) is 0 Å². The first-order valence-electron chi connectivity index (χ1n) is 12.0. The molecule has 7 rings (SSSR count). The summed E-state index contributed by atoms with van der Waals surface area (Å²) in [6.07, 6.45) is 12.0. The molecule has 0 saturated heterocycles. The van der Waals surface area contributed by atoms with Crippen LogP contribution in [-0.2, 0) is 6.61 Å². The Kier molecular flexibility index (Phi) is 4.74. The van der Waals surface area contributed by atoms with Crippen LogP contribution in [0.1, 0.15) is 61.5 Å². The van der Waals surface area contributed by atoms with E-state index in [1.165, 1.54) is 38.5 Å². The van der Waals surface area contributed by atoms with Crippen molar-refractivity contribution < 1.29 is 9.53 Å². The van der Waals surface area contributed by atoms with E-state index in [0.717, 1.165) is 29.1 Å². The highest BCUT2D eigenvalue weighted by Gasteiger charge is 2.53. The highest BCUT2D eigenvalue weighted by Crippen LogP contribution is 2.61. The number of rotatable bonds is 6. The SMILES string of the molecule is CC(NC(=O)c1ccccc1OCc1cn2ccccc2n1)C12CC3CC(CC(C3)C1)C2. The minimum Gasteiger partial charge on any atom is -0.486 e. The zero-order valence-electron chi connectivity index (χ0n) is 18.7. The Morgan fingerprint density at radius 3 is 2.50 bits per heavy atom. The van der Waals surface area contributed by atoms with E-state index in [-0.39, 0.29) is 17.4 Å². The van der Waals surface area contributed by atoms with Gasteiger partial charge in [-0.2, -0.15) is 0 Å². The first-order chi connectivity index (χ1) is 15.6. The standard InChI is InChI=1S/C27H31N3O2/c1-18(27-13-19-10-20(14-27)12-21(11-19)15-27)28-26(31)23-6-2-3-7-24(23)32-17-22-16-30-9-5-4-8-25(30)29-22/h2-9,16,18-21H,10-15,17H2,1H3,(H,28,31). The summed E-state index contributed by atoms with van der Waals surface area (Å²) < 4.78 is 8.04. The molecule has 2 aromatic heterocycles. The first-order valence-corrected chi connectivity index (χ1v) is 12.0. The van der Waals surface area contributed by atoms with Crippen LogP contribution in [0.2, 0.25) is 0 Å². The summed E-state index contributed by atoms with van der Waals surface area (Å²) >= 11 is 0. The average Bonchev–Trinajstić information content (AvgIpc) is 3.20. The van der Waals surface area contributed by atoms with Crippen LogP contribution >= 0.6 is 0 Å². The number of fused-ring (bicyclic) bond motifs is 1. The lowest BCUT2D eigenvalue weighted by Gasteiger charge is -2.59. The lowest BCUT2D eigenvalue weighted by Crippen LogP contribution is -2.55. The van der Waals surface area contributed by atoms with Crippen molar-refractivity contribution in [3.63, 3.8) is 0 Å². The highest BCUT2D eigenvalue weighted by molar-refractivity contribution is 5.97. The van der Waals surface area contributed by atoms with Gasteiger partial charge in [0.25, 0.3) is 5.91 Å². The Labute approximate surface area is 189 Å². The number of carbonyl (C=O) groups is 1. The first kappa shape index (κ1) is 19.8. The van der Waals surface area contributed by atoms with Crippen LogP contribution in [0.3, 0.4) is 0 Å². The monoisotopic (exact) mass is 429 g/mol. The van der Waals surface area contributed by atoms with Crippen molar-refractivity contribution in [1.29, 1.82) is 0 Å². The smallest absolute Gasteiger partial charge is 0.255 e. The van der Waals surface area contributed by atoms with Gasteiger partial charge in [-0.05, 0) is 92.9 Å². The van der Waals surface area contributed by atoms with Crippen LogP contribution in [0.25, 0.3) is 5.65 Å². The molecule has 4 aliphatic rings. The van der Waals surface area contributed by atoms with Crippen molar-refractivity contribution in [2.45, 2.75) is 58.1 Å². The molecule has 0 aliphatic heterocycles. The van der Waals surface area contributed by atoms with Gasteiger partial charge >= 0.3 is 0 Å². The fourth-order valence-corrected chi connectivity index (χ4v) is 7.12. The summed E-state index contributed by atoms with van der Waals surface area (Å²) in [5.41, 5.74) is 2.62. The van der Waals surface area contributed by atoms with Gasteiger partial charge in [0.2, 0.25) is 0 Å². The molecule has 32 heavy (non-hydrogen) atoms. The number of nitrogens with one attached hydrogen (secondary N) is 1. The van der Waals surface area contributed by atoms with E-state index in [1.807, 2.05) is 59.3 Å². The molecule has 1 unspecified atom stereocenters. The van der Waals surface area contributed by atoms with Crippen molar-refractivity contribution in [3.8, 4) is 5.75 Å². The number of pyridine rings is 1. The lowest BCUT2D eigenvalue weighted by molar-refractivity contribution is -0.0688. The predicted molar refractivity (Wildman–Crippen MR) is 123 cm³/mol. The topological polar surface area (TPSA) is 55.6 Å². The molecule has 3 aromatic rings. The normalized spacial score (nSPS) is 29.2. The predicted octanol–water partition coefficient (Wildman–Crippen LogP) is 5.25. The average molecular weight is 430 g/mol. The number of para-hydroxylation sites is 1. The molecule has 4 aliphatic carbocycles. The number of benzene rings is 1. The van der Waals surface area contributed by atoms with E-state index < -0.39 is 0 Å². The third-order valence-corrected chi connectivity index (χ3v) is 8.27. The van der Waals surface area contributed by atoms with E-state index in [1.54, 1.807) is 0 Å².